The van der Waals surface area contributed by atoms with E-state index >= 15 is 0 Å². The van der Waals surface area contributed by atoms with Crippen molar-refractivity contribution in [2.45, 2.75) is 44.6 Å². The van der Waals surface area contributed by atoms with E-state index in [-0.39, 0.29) is 5.56 Å². The fraction of sp³-hybridized carbons (Fsp3) is 0.421. The predicted octanol–water partition coefficient (Wildman–Crippen LogP) is 3.22. The quantitative estimate of drug-likeness (QED) is 0.793. The molecule has 2 heterocycles. The summed E-state index contributed by atoms with van der Waals surface area (Å²) in [5.41, 5.74) is 1.56. The number of hydrogen-bond acceptors (Lipinski definition) is 4. The molecule has 4 rings (SSSR count). The summed E-state index contributed by atoms with van der Waals surface area (Å²) in [6.07, 6.45) is 8.07. The third-order valence-corrected chi connectivity index (χ3v) is 4.98. The first-order chi connectivity index (χ1) is 12.3. The van der Waals surface area contributed by atoms with Gasteiger partial charge in [0.25, 0.3) is 5.56 Å². The number of ether oxygens (including phenoxy) is 1. The van der Waals surface area contributed by atoms with Gasteiger partial charge in [0.05, 0.1) is 19.3 Å². The molecule has 0 radical (unpaired) electrons. The first-order valence-corrected chi connectivity index (χ1v) is 8.84. The fourth-order valence-electron chi connectivity index (χ4n) is 3.69. The molecule has 2 aromatic heterocycles. The maximum Gasteiger partial charge on any atom is 0.262 e. The maximum absolute atomic E-state index is 12.5. The van der Waals surface area contributed by atoms with E-state index in [4.69, 9.17) is 9.72 Å². The standard InChI is InChI=1S/C19H22N4O2/c1-25-16-10-6-5-7-13(16)11-17-21-18-15(19(24)22-17)12-20-23(18)14-8-3-2-4-9-14/h5-7,10,12,14H,2-4,8-9,11H2,1H3,(H,21,22,24). The third-order valence-electron chi connectivity index (χ3n) is 4.98. The minimum atomic E-state index is -0.128. The van der Waals surface area contributed by atoms with E-state index in [0.29, 0.717) is 29.3 Å². The zero-order valence-electron chi connectivity index (χ0n) is 14.4. The first-order valence-electron chi connectivity index (χ1n) is 8.84. The van der Waals surface area contributed by atoms with Gasteiger partial charge in [-0.1, -0.05) is 37.5 Å². The molecule has 3 aromatic rings. The minimum absolute atomic E-state index is 0.128. The lowest BCUT2D eigenvalue weighted by molar-refractivity contribution is 0.335. The number of aromatic amines is 1. The minimum Gasteiger partial charge on any atom is -0.496 e. The monoisotopic (exact) mass is 338 g/mol. The van der Waals surface area contributed by atoms with Crippen LogP contribution in [0.3, 0.4) is 0 Å². The summed E-state index contributed by atoms with van der Waals surface area (Å²) in [6.45, 7) is 0. The van der Waals surface area contributed by atoms with Crippen molar-refractivity contribution >= 4 is 11.0 Å². The molecule has 0 spiro atoms. The predicted molar refractivity (Wildman–Crippen MR) is 96.1 cm³/mol. The average Bonchev–Trinajstić information content (AvgIpc) is 3.07. The molecule has 1 aromatic carbocycles. The molecule has 1 aliphatic carbocycles. The van der Waals surface area contributed by atoms with Crippen LogP contribution >= 0.6 is 0 Å². The topological polar surface area (TPSA) is 72.8 Å². The SMILES string of the molecule is COc1ccccc1Cc1nc2c(cnn2C2CCCCC2)c(=O)[nH]1. The molecule has 6 nitrogen and oxygen atoms in total. The molecular weight excluding hydrogens is 316 g/mol. The Bertz CT molecular complexity index is 938. The number of nitrogens with one attached hydrogen (secondary N) is 1. The smallest absolute Gasteiger partial charge is 0.262 e. The number of aromatic nitrogens is 4. The summed E-state index contributed by atoms with van der Waals surface area (Å²) in [4.78, 5) is 20.1. The Morgan fingerprint density at radius 2 is 2.04 bits per heavy atom. The second-order valence-electron chi connectivity index (χ2n) is 6.62. The van der Waals surface area contributed by atoms with Crippen molar-refractivity contribution < 1.29 is 4.74 Å². The Morgan fingerprint density at radius 3 is 2.84 bits per heavy atom. The summed E-state index contributed by atoms with van der Waals surface area (Å²) in [5, 5.41) is 5.04. The van der Waals surface area contributed by atoms with Gasteiger partial charge in [0, 0.05) is 12.0 Å². The van der Waals surface area contributed by atoms with E-state index in [1.54, 1.807) is 13.3 Å². The van der Waals surface area contributed by atoms with Gasteiger partial charge in [0.2, 0.25) is 0 Å². The Labute approximate surface area is 145 Å². The van der Waals surface area contributed by atoms with Gasteiger partial charge in [-0.15, -0.1) is 0 Å². The van der Waals surface area contributed by atoms with Crippen LogP contribution in [-0.2, 0) is 6.42 Å². The lowest BCUT2D eigenvalue weighted by Gasteiger charge is -2.22. The number of benzene rings is 1. The Balaban J connectivity index is 1.74. The second kappa shape index (κ2) is 6.70. The van der Waals surface area contributed by atoms with Crippen LogP contribution in [0.15, 0.2) is 35.3 Å². The Kier molecular flexibility index (Phi) is 4.26. The summed E-state index contributed by atoms with van der Waals surface area (Å²) < 4.78 is 7.36. The first kappa shape index (κ1) is 15.9. The van der Waals surface area contributed by atoms with Crippen LogP contribution in [0.5, 0.6) is 5.75 Å². The van der Waals surface area contributed by atoms with E-state index in [0.717, 1.165) is 24.2 Å². The molecule has 0 atom stereocenters. The molecule has 130 valence electrons. The summed E-state index contributed by atoms with van der Waals surface area (Å²) in [7, 11) is 1.65. The molecule has 0 saturated heterocycles. The molecule has 1 aliphatic rings. The van der Waals surface area contributed by atoms with E-state index in [9.17, 15) is 4.79 Å². The van der Waals surface area contributed by atoms with Gasteiger partial charge in [-0.05, 0) is 18.9 Å². The molecule has 0 bridgehead atoms. The van der Waals surface area contributed by atoms with Crippen LogP contribution in [-0.4, -0.2) is 26.9 Å². The highest BCUT2D eigenvalue weighted by molar-refractivity contribution is 5.73. The van der Waals surface area contributed by atoms with Crippen LogP contribution in [0.4, 0.5) is 0 Å². The molecule has 1 fully saturated rings. The molecule has 6 heteroatoms. The molecule has 0 unspecified atom stereocenters. The number of H-pyrrole nitrogens is 1. The van der Waals surface area contributed by atoms with Crippen LogP contribution < -0.4 is 10.3 Å². The highest BCUT2D eigenvalue weighted by Gasteiger charge is 2.20. The van der Waals surface area contributed by atoms with Gasteiger partial charge in [-0.3, -0.25) is 4.79 Å². The number of fused-ring (bicyclic) bond motifs is 1. The molecule has 1 saturated carbocycles. The van der Waals surface area contributed by atoms with E-state index in [1.807, 2.05) is 28.9 Å². The number of rotatable bonds is 4. The molecular formula is C19H22N4O2. The van der Waals surface area contributed by atoms with Gasteiger partial charge >= 0.3 is 0 Å². The van der Waals surface area contributed by atoms with Crippen molar-refractivity contribution in [2.24, 2.45) is 0 Å². The van der Waals surface area contributed by atoms with Crippen molar-refractivity contribution in [2.75, 3.05) is 7.11 Å². The lowest BCUT2D eigenvalue weighted by Crippen LogP contribution is -2.17. The number of para-hydroxylation sites is 1. The largest absolute Gasteiger partial charge is 0.496 e. The highest BCUT2D eigenvalue weighted by atomic mass is 16.5. The normalized spacial score (nSPS) is 15.6. The zero-order valence-corrected chi connectivity index (χ0v) is 14.4. The number of methoxy groups -OCH3 is 1. The van der Waals surface area contributed by atoms with Gasteiger partial charge in [0.15, 0.2) is 5.65 Å². The van der Waals surface area contributed by atoms with E-state index in [1.165, 1.54) is 19.3 Å². The number of nitrogens with zero attached hydrogens (tertiary/aromatic N) is 3. The summed E-state index contributed by atoms with van der Waals surface area (Å²) in [6, 6.07) is 8.14. The molecule has 0 aliphatic heterocycles. The van der Waals surface area contributed by atoms with Crippen LogP contribution in [0.1, 0.15) is 49.5 Å². The van der Waals surface area contributed by atoms with Crippen molar-refractivity contribution in [1.82, 2.24) is 19.7 Å². The fourth-order valence-corrected chi connectivity index (χ4v) is 3.69. The number of hydrogen-bond donors (Lipinski definition) is 1. The summed E-state index contributed by atoms with van der Waals surface area (Å²) in [5.74, 6) is 1.44. The molecule has 25 heavy (non-hydrogen) atoms. The van der Waals surface area contributed by atoms with Crippen LogP contribution in [0, 0.1) is 0 Å². The van der Waals surface area contributed by atoms with Gasteiger partial charge in [0.1, 0.15) is 17.0 Å². The zero-order chi connectivity index (χ0) is 17.2. The maximum atomic E-state index is 12.5. The van der Waals surface area contributed by atoms with Gasteiger partial charge in [-0.25, -0.2) is 9.67 Å². The molecule has 1 N–H and O–H groups in total. The third kappa shape index (κ3) is 3.04. The van der Waals surface area contributed by atoms with Crippen LogP contribution in [0.25, 0.3) is 11.0 Å². The Morgan fingerprint density at radius 1 is 1.24 bits per heavy atom. The van der Waals surface area contributed by atoms with Crippen LogP contribution in [0.2, 0.25) is 0 Å². The van der Waals surface area contributed by atoms with Crippen molar-refractivity contribution in [3.05, 3.63) is 52.2 Å². The van der Waals surface area contributed by atoms with E-state index < -0.39 is 0 Å². The van der Waals surface area contributed by atoms with Gasteiger partial charge < -0.3 is 9.72 Å². The molecule has 0 amide bonds. The van der Waals surface area contributed by atoms with E-state index in [2.05, 4.69) is 10.1 Å². The highest BCUT2D eigenvalue weighted by Crippen LogP contribution is 2.29. The van der Waals surface area contributed by atoms with Gasteiger partial charge in [-0.2, -0.15) is 5.10 Å². The Hall–Kier alpha value is -2.63. The average molecular weight is 338 g/mol. The lowest BCUT2D eigenvalue weighted by atomic mass is 9.96. The van der Waals surface area contributed by atoms with Crippen molar-refractivity contribution in [3.8, 4) is 5.75 Å². The van der Waals surface area contributed by atoms with Crippen molar-refractivity contribution in [1.29, 1.82) is 0 Å². The van der Waals surface area contributed by atoms with Crippen molar-refractivity contribution in [3.63, 3.8) is 0 Å². The summed E-state index contributed by atoms with van der Waals surface area (Å²) >= 11 is 0. The second-order valence-corrected chi connectivity index (χ2v) is 6.62.